The molecule has 2 heterocycles. The number of thiophene rings is 1. The average Bonchev–Trinajstić information content (AvgIpc) is 3.16. The largest absolute Gasteiger partial charge is 0.492 e. The maximum atomic E-state index is 11.7. The Morgan fingerprint density at radius 2 is 2.08 bits per heavy atom. The van der Waals surface area contributed by atoms with E-state index in [1.54, 1.807) is 30.3 Å². The van der Waals surface area contributed by atoms with Crippen LogP contribution in [0.5, 0.6) is 5.75 Å². The Labute approximate surface area is 162 Å². The third kappa shape index (κ3) is 5.10. The molecule has 1 saturated heterocycles. The Hall–Kier alpha value is -1.82. The molecule has 0 bridgehead atoms. The Bertz CT molecular complexity index is 767. The molecule has 0 amide bonds. The minimum Gasteiger partial charge on any atom is -0.492 e. The van der Waals surface area contributed by atoms with Gasteiger partial charge in [0.15, 0.2) is 0 Å². The lowest BCUT2D eigenvalue weighted by Crippen LogP contribution is -2.33. The number of likely N-dealkylation sites (tertiary alicyclic amines) is 1. The quantitative estimate of drug-likeness (QED) is 0.682. The molecule has 6 heteroatoms. The number of ether oxygens (including phenoxy) is 1. The van der Waals surface area contributed by atoms with Crippen molar-refractivity contribution in [3.05, 3.63) is 51.2 Å². The van der Waals surface area contributed by atoms with Crippen LogP contribution in [0.15, 0.2) is 35.7 Å². The number of carboxylic acids is 1. The molecule has 1 N–H and O–H groups in total. The minimum atomic E-state index is -0.966. The highest BCUT2D eigenvalue weighted by Crippen LogP contribution is 2.29. The van der Waals surface area contributed by atoms with Crippen molar-refractivity contribution in [2.24, 2.45) is 0 Å². The molecule has 138 valence electrons. The second kappa shape index (κ2) is 9.21. The third-order valence-electron chi connectivity index (χ3n) is 4.40. The number of benzene rings is 1. The van der Waals surface area contributed by atoms with Gasteiger partial charge in [0.25, 0.3) is 0 Å². The van der Waals surface area contributed by atoms with E-state index in [9.17, 15) is 9.90 Å². The van der Waals surface area contributed by atoms with Crippen LogP contribution in [0.1, 0.15) is 29.7 Å². The van der Waals surface area contributed by atoms with E-state index < -0.39 is 5.97 Å². The van der Waals surface area contributed by atoms with Gasteiger partial charge in [-0.3, -0.25) is 4.90 Å². The van der Waals surface area contributed by atoms with E-state index in [0.29, 0.717) is 27.8 Å². The summed E-state index contributed by atoms with van der Waals surface area (Å²) in [6, 6.07) is 8.95. The van der Waals surface area contributed by atoms with Crippen LogP contribution in [-0.4, -0.2) is 42.2 Å². The van der Waals surface area contributed by atoms with E-state index in [0.717, 1.165) is 19.6 Å². The highest BCUT2D eigenvalue weighted by Gasteiger charge is 2.14. The van der Waals surface area contributed by atoms with Crippen LogP contribution in [0, 0.1) is 0 Å². The van der Waals surface area contributed by atoms with Crippen LogP contribution in [0.4, 0.5) is 0 Å². The number of aliphatic carboxylic acids is 1. The van der Waals surface area contributed by atoms with E-state index in [1.807, 2.05) is 11.4 Å². The van der Waals surface area contributed by atoms with Crippen LogP contribution in [0.25, 0.3) is 11.6 Å². The van der Waals surface area contributed by atoms with Crippen molar-refractivity contribution in [3.63, 3.8) is 0 Å². The van der Waals surface area contributed by atoms with Gasteiger partial charge in [0, 0.05) is 22.0 Å². The number of piperidine rings is 1. The number of hydrogen-bond acceptors (Lipinski definition) is 4. The number of rotatable bonds is 7. The zero-order valence-electron chi connectivity index (χ0n) is 14.5. The van der Waals surface area contributed by atoms with Crippen LogP contribution in [-0.2, 0) is 4.79 Å². The van der Waals surface area contributed by atoms with Gasteiger partial charge in [-0.05, 0) is 61.7 Å². The number of carboxylic acid groups (broad SMARTS) is 1. The summed E-state index contributed by atoms with van der Waals surface area (Å²) in [5.74, 6) is -0.312. The van der Waals surface area contributed by atoms with Crippen molar-refractivity contribution in [2.75, 3.05) is 26.2 Å². The van der Waals surface area contributed by atoms with Gasteiger partial charge in [0.1, 0.15) is 12.4 Å². The number of halogens is 1. The number of carbonyl (C=O) groups is 1. The molecule has 0 unspecified atom stereocenters. The van der Waals surface area contributed by atoms with Gasteiger partial charge in [-0.15, -0.1) is 11.3 Å². The Morgan fingerprint density at radius 3 is 2.77 bits per heavy atom. The summed E-state index contributed by atoms with van der Waals surface area (Å²) >= 11 is 7.52. The molecule has 4 nitrogen and oxygen atoms in total. The van der Waals surface area contributed by atoms with Crippen molar-refractivity contribution >= 4 is 40.6 Å². The third-order valence-corrected chi connectivity index (χ3v) is 5.54. The second-order valence-electron chi connectivity index (χ2n) is 6.27. The van der Waals surface area contributed by atoms with Crippen LogP contribution >= 0.6 is 22.9 Å². The lowest BCUT2D eigenvalue weighted by molar-refractivity contribution is -0.130. The van der Waals surface area contributed by atoms with Crippen LogP contribution in [0.2, 0.25) is 5.02 Å². The second-order valence-corrected chi connectivity index (χ2v) is 7.66. The van der Waals surface area contributed by atoms with E-state index in [2.05, 4.69) is 4.90 Å². The van der Waals surface area contributed by atoms with E-state index >= 15 is 0 Å². The highest BCUT2D eigenvalue weighted by molar-refractivity contribution is 7.11. The summed E-state index contributed by atoms with van der Waals surface area (Å²) in [4.78, 5) is 14.8. The fourth-order valence-corrected chi connectivity index (χ4v) is 3.97. The molecule has 2 aromatic rings. The first-order valence-corrected chi connectivity index (χ1v) is 10.0. The molecule has 0 aliphatic carbocycles. The summed E-state index contributed by atoms with van der Waals surface area (Å²) in [5, 5.41) is 12.0. The van der Waals surface area contributed by atoms with Gasteiger partial charge < -0.3 is 9.84 Å². The van der Waals surface area contributed by atoms with E-state index in [-0.39, 0.29) is 5.57 Å². The standard InChI is InChI=1S/C20H22ClNO3S/c21-16-6-7-18(25-11-10-22-8-2-1-3-9-22)15(13-16)14-17(20(23)24)19-5-4-12-26-19/h4-7,12-14H,1-3,8-11H2,(H,23,24)/b17-14-. The normalized spacial score (nSPS) is 15.8. The van der Waals surface area contributed by atoms with Crippen LogP contribution in [0.3, 0.4) is 0 Å². The first-order chi connectivity index (χ1) is 12.6. The minimum absolute atomic E-state index is 0.239. The van der Waals surface area contributed by atoms with Gasteiger partial charge in [-0.2, -0.15) is 0 Å². The lowest BCUT2D eigenvalue weighted by Gasteiger charge is -2.26. The summed E-state index contributed by atoms with van der Waals surface area (Å²) in [7, 11) is 0. The molecule has 3 rings (SSSR count). The average molecular weight is 392 g/mol. The Morgan fingerprint density at radius 1 is 1.27 bits per heavy atom. The molecule has 1 aliphatic heterocycles. The molecule has 1 fully saturated rings. The molecule has 0 saturated carbocycles. The molecule has 0 spiro atoms. The predicted octanol–water partition coefficient (Wildman–Crippen LogP) is 4.89. The van der Waals surface area contributed by atoms with Crippen molar-refractivity contribution in [1.29, 1.82) is 0 Å². The SMILES string of the molecule is O=C(O)/C(=C\c1cc(Cl)ccc1OCCN1CCCCC1)c1cccs1. The van der Waals surface area contributed by atoms with Crippen molar-refractivity contribution < 1.29 is 14.6 Å². The van der Waals surface area contributed by atoms with Gasteiger partial charge in [0.05, 0.1) is 5.57 Å². The number of nitrogens with zero attached hydrogens (tertiary/aromatic N) is 1. The van der Waals surface area contributed by atoms with Gasteiger partial charge >= 0.3 is 5.97 Å². The molecule has 1 aliphatic rings. The predicted molar refractivity (Wildman–Crippen MR) is 107 cm³/mol. The summed E-state index contributed by atoms with van der Waals surface area (Å²) in [6.45, 7) is 3.70. The summed E-state index contributed by atoms with van der Waals surface area (Å²) in [6.07, 6.45) is 5.44. The van der Waals surface area contributed by atoms with Crippen molar-refractivity contribution in [3.8, 4) is 5.75 Å². The topological polar surface area (TPSA) is 49.8 Å². The zero-order chi connectivity index (χ0) is 18.4. The van der Waals surface area contributed by atoms with Crippen LogP contribution < -0.4 is 4.74 Å². The molecule has 0 radical (unpaired) electrons. The molecule has 26 heavy (non-hydrogen) atoms. The van der Waals surface area contributed by atoms with E-state index in [1.165, 1.54) is 30.6 Å². The van der Waals surface area contributed by atoms with Crippen molar-refractivity contribution in [1.82, 2.24) is 4.90 Å². The smallest absolute Gasteiger partial charge is 0.337 e. The maximum Gasteiger partial charge on any atom is 0.337 e. The Kier molecular flexibility index (Phi) is 6.72. The molecule has 0 atom stereocenters. The van der Waals surface area contributed by atoms with Gasteiger partial charge in [-0.1, -0.05) is 24.1 Å². The first kappa shape index (κ1) is 19.0. The fourth-order valence-electron chi connectivity index (χ4n) is 3.06. The maximum absolute atomic E-state index is 11.7. The molecule has 1 aromatic carbocycles. The monoisotopic (exact) mass is 391 g/mol. The lowest BCUT2D eigenvalue weighted by atomic mass is 10.1. The van der Waals surface area contributed by atoms with Crippen molar-refractivity contribution in [2.45, 2.75) is 19.3 Å². The number of hydrogen-bond donors (Lipinski definition) is 1. The molecular formula is C20H22ClNO3S. The molecular weight excluding hydrogens is 370 g/mol. The first-order valence-electron chi connectivity index (χ1n) is 8.77. The zero-order valence-corrected chi connectivity index (χ0v) is 16.1. The van der Waals surface area contributed by atoms with Gasteiger partial charge in [0.2, 0.25) is 0 Å². The Balaban J connectivity index is 1.76. The fraction of sp³-hybridized carbons (Fsp3) is 0.350. The van der Waals surface area contributed by atoms with Gasteiger partial charge in [-0.25, -0.2) is 4.79 Å². The highest BCUT2D eigenvalue weighted by atomic mass is 35.5. The summed E-state index contributed by atoms with van der Waals surface area (Å²) < 4.78 is 5.96. The van der Waals surface area contributed by atoms with E-state index in [4.69, 9.17) is 16.3 Å². The molecule has 1 aromatic heterocycles. The summed E-state index contributed by atoms with van der Waals surface area (Å²) in [5.41, 5.74) is 0.921.